The van der Waals surface area contributed by atoms with E-state index in [1.165, 1.54) is 0 Å². The molecule has 0 aromatic heterocycles. The van der Waals surface area contributed by atoms with E-state index in [-0.39, 0.29) is 5.91 Å². The number of nitrogen functional groups attached to an aromatic ring is 1. The minimum absolute atomic E-state index is 0.0674. The zero-order chi connectivity index (χ0) is 14.4. The van der Waals surface area contributed by atoms with E-state index in [0.29, 0.717) is 29.6 Å². The molecule has 0 aliphatic carbocycles. The number of benzene rings is 1. The van der Waals surface area contributed by atoms with Crippen molar-refractivity contribution in [2.75, 3.05) is 24.1 Å². The Morgan fingerprint density at radius 1 is 1.32 bits per heavy atom. The van der Waals surface area contributed by atoms with Gasteiger partial charge < -0.3 is 16.4 Å². The van der Waals surface area contributed by atoms with Crippen molar-refractivity contribution in [3.63, 3.8) is 0 Å². The zero-order valence-corrected chi connectivity index (χ0v) is 12.3. The van der Waals surface area contributed by atoms with Crippen molar-refractivity contribution in [2.24, 2.45) is 11.8 Å². The summed E-state index contributed by atoms with van der Waals surface area (Å²) in [7, 11) is 0. The molecule has 1 aromatic rings. The van der Waals surface area contributed by atoms with Crippen LogP contribution >= 0.6 is 0 Å². The number of anilines is 2. The van der Waals surface area contributed by atoms with E-state index in [1.807, 2.05) is 13.0 Å². The Morgan fingerprint density at radius 3 is 2.58 bits per heavy atom. The van der Waals surface area contributed by atoms with Crippen LogP contribution in [0.5, 0.6) is 0 Å². The Hall–Kier alpha value is -1.71. The molecule has 1 unspecified atom stereocenters. The van der Waals surface area contributed by atoms with E-state index >= 15 is 0 Å². The summed E-state index contributed by atoms with van der Waals surface area (Å²) in [6, 6.07) is 5.34. The largest absolute Gasteiger partial charge is 0.399 e. The molecule has 1 rings (SSSR count). The lowest BCUT2D eigenvalue weighted by Gasteiger charge is -2.19. The van der Waals surface area contributed by atoms with Gasteiger partial charge in [-0.3, -0.25) is 4.79 Å². The summed E-state index contributed by atoms with van der Waals surface area (Å²) >= 11 is 0. The second-order valence-corrected chi connectivity index (χ2v) is 5.27. The topological polar surface area (TPSA) is 67.2 Å². The molecule has 1 atom stereocenters. The summed E-state index contributed by atoms with van der Waals surface area (Å²) < 4.78 is 0. The van der Waals surface area contributed by atoms with Crippen molar-refractivity contribution in [1.82, 2.24) is 5.32 Å². The second kappa shape index (κ2) is 7.02. The normalized spacial score (nSPS) is 12.3. The maximum absolute atomic E-state index is 12.0. The molecule has 19 heavy (non-hydrogen) atoms. The number of rotatable bonds is 6. The fraction of sp³-hybridized carbons (Fsp3) is 0.533. The Kier molecular flexibility index (Phi) is 5.67. The van der Waals surface area contributed by atoms with E-state index in [4.69, 9.17) is 5.73 Å². The van der Waals surface area contributed by atoms with Gasteiger partial charge in [0, 0.05) is 24.5 Å². The molecule has 1 amide bonds. The van der Waals surface area contributed by atoms with Crippen LogP contribution in [0.1, 0.15) is 38.1 Å². The molecule has 0 bridgehead atoms. The first-order chi connectivity index (χ1) is 8.95. The highest BCUT2D eigenvalue weighted by Crippen LogP contribution is 2.20. The number of amides is 1. The average Bonchev–Trinajstić information content (AvgIpc) is 2.36. The summed E-state index contributed by atoms with van der Waals surface area (Å²) in [5, 5.41) is 6.15. The van der Waals surface area contributed by atoms with Crippen LogP contribution in [0.2, 0.25) is 0 Å². The fourth-order valence-corrected chi connectivity index (χ4v) is 1.67. The van der Waals surface area contributed by atoms with Crippen LogP contribution in [0.4, 0.5) is 11.4 Å². The molecular weight excluding hydrogens is 238 g/mol. The van der Waals surface area contributed by atoms with Crippen LogP contribution < -0.4 is 16.4 Å². The number of hydrogen-bond acceptors (Lipinski definition) is 3. The molecule has 4 nitrogen and oxygen atoms in total. The van der Waals surface area contributed by atoms with Crippen molar-refractivity contribution < 1.29 is 4.79 Å². The van der Waals surface area contributed by atoms with Gasteiger partial charge in [0.05, 0.1) is 5.56 Å². The van der Waals surface area contributed by atoms with Gasteiger partial charge in [-0.15, -0.1) is 0 Å². The molecule has 106 valence electrons. The monoisotopic (exact) mass is 263 g/mol. The summed E-state index contributed by atoms with van der Waals surface area (Å²) in [4.78, 5) is 12.0. The van der Waals surface area contributed by atoms with E-state index in [0.717, 1.165) is 12.2 Å². The van der Waals surface area contributed by atoms with Crippen molar-refractivity contribution in [1.29, 1.82) is 0 Å². The van der Waals surface area contributed by atoms with Gasteiger partial charge in [-0.1, -0.05) is 20.8 Å². The molecule has 4 N–H and O–H groups in total. The highest BCUT2D eigenvalue weighted by atomic mass is 16.1. The standard InChI is InChI=1S/C15H25N3O/c1-5-17-15(19)13-7-6-12(16)8-14(13)18-9-11(4)10(2)3/h6-8,10-11,18H,5,9,16H2,1-4H3,(H,17,19). The summed E-state index contributed by atoms with van der Waals surface area (Å²) in [6.45, 7) is 9.92. The summed E-state index contributed by atoms with van der Waals surface area (Å²) in [6.07, 6.45) is 0. The first kappa shape index (κ1) is 15.3. The fourth-order valence-electron chi connectivity index (χ4n) is 1.67. The van der Waals surface area contributed by atoms with Crippen LogP contribution in [0.15, 0.2) is 18.2 Å². The Balaban J connectivity index is 2.85. The Labute approximate surface area is 115 Å². The number of carbonyl (C=O) groups excluding carboxylic acids is 1. The van der Waals surface area contributed by atoms with Crippen LogP contribution in [0.25, 0.3) is 0 Å². The average molecular weight is 263 g/mol. The maximum Gasteiger partial charge on any atom is 0.253 e. The SMILES string of the molecule is CCNC(=O)c1ccc(N)cc1NCC(C)C(C)C. The minimum Gasteiger partial charge on any atom is -0.399 e. The molecule has 0 heterocycles. The van der Waals surface area contributed by atoms with Gasteiger partial charge in [-0.25, -0.2) is 0 Å². The van der Waals surface area contributed by atoms with Gasteiger partial charge in [0.2, 0.25) is 0 Å². The van der Waals surface area contributed by atoms with Gasteiger partial charge in [0.25, 0.3) is 5.91 Å². The second-order valence-electron chi connectivity index (χ2n) is 5.27. The van der Waals surface area contributed by atoms with Crippen LogP contribution in [-0.2, 0) is 0 Å². The molecule has 1 aromatic carbocycles. The predicted octanol–water partition coefficient (Wildman–Crippen LogP) is 2.72. The van der Waals surface area contributed by atoms with Gasteiger partial charge in [0.1, 0.15) is 0 Å². The first-order valence-corrected chi connectivity index (χ1v) is 6.87. The van der Waals surface area contributed by atoms with Crippen molar-refractivity contribution >= 4 is 17.3 Å². The van der Waals surface area contributed by atoms with Crippen LogP contribution in [-0.4, -0.2) is 19.0 Å². The predicted molar refractivity (Wildman–Crippen MR) is 81.4 cm³/mol. The third kappa shape index (κ3) is 4.47. The van der Waals surface area contributed by atoms with E-state index in [9.17, 15) is 4.79 Å². The molecule has 4 heteroatoms. The Morgan fingerprint density at radius 2 is 2.00 bits per heavy atom. The first-order valence-electron chi connectivity index (χ1n) is 6.87. The molecular formula is C15H25N3O. The van der Waals surface area contributed by atoms with E-state index in [1.54, 1.807) is 12.1 Å². The Bertz CT molecular complexity index is 429. The lowest BCUT2D eigenvalue weighted by atomic mass is 9.98. The third-order valence-electron chi connectivity index (χ3n) is 3.38. The highest BCUT2D eigenvalue weighted by molar-refractivity contribution is 6.00. The van der Waals surface area contributed by atoms with Crippen LogP contribution in [0, 0.1) is 11.8 Å². The van der Waals surface area contributed by atoms with Crippen LogP contribution in [0.3, 0.4) is 0 Å². The van der Waals surface area contributed by atoms with E-state index in [2.05, 4.69) is 31.4 Å². The van der Waals surface area contributed by atoms with E-state index < -0.39 is 0 Å². The quantitative estimate of drug-likeness (QED) is 0.691. The minimum atomic E-state index is -0.0674. The molecule has 0 saturated heterocycles. The highest BCUT2D eigenvalue weighted by Gasteiger charge is 2.12. The van der Waals surface area contributed by atoms with Gasteiger partial charge in [-0.05, 0) is 37.0 Å². The van der Waals surface area contributed by atoms with Gasteiger partial charge in [0.15, 0.2) is 0 Å². The van der Waals surface area contributed by atoms with Gasteiger partial charge in [-0.2, -0.15) is 0 Å². The number of hydrogen-bond donors (Lipinski definition) is 3. The maximum atomic E-state index is 12.0. The molecule has 0 radical (unpaired) electrons. The number of nitrogens with two attached hydrogens (primary N) is 1. The van der Waals surface area contributed by atoms with Crippen molar-refractivity contribution in [3.05, 3.63) is 23.8 Å². The number of nitrogens with one attached hydrogen (secondary N) is 2. The van der Waals surface area contributed by atoms with Gasteiger partial charge >= 0.3 is 0 Å². The molecule has 0 aliphatic heterocycles. The summed E-state index contributed by atoms with van der Waals surface area (Å²) in [5.74, 6) is 1.06. The van der Waals surface area contributed by atoms with Crippen molar-refractivity contribution in [3.8, 4) is 0 Å². The molecule has 0 spiro atoms. The molecule has 0 fully saturated rings. The lowest BCUT2D eigenvalue weighted by Crippen LogP contribution is -2.25. The molecule has 0 aliphatic rings. The summed E-state index contributed by atoms with van der Waals surface area (Å²) in [5.41, 5.74) is 7.91. The molecule has 0 saturated carbocycles. The third-order valence-corrected chi connectivity index (χ3v) is 3.38. The van der Waals surface area contributed by atoms with Crippen molar-refractivity contribution in [2.45, 2.75) is 27.7 Å². The zero-order valence-electron chi connectivity index (χ0n) is 12.3. The number of carbonyl (C=O) groups is 1. The lowest BCUT2D eigenvalue weighted by molar-refractivity contribution is 0.0956. The smallest absolute Gasteiger partial charge is 0.253 e.